The molecule has 0 bridgehead atoms. The summed E-state index contributed by atoms with van der Waals surface area (Å²) in [6.45, 7) is 0.907. The quantitative estimate of drug-likeness (QED) is 0.718. The van der Waals surface area contributed by atoms with Crippen LogP contribution in [0.25, 0.3) is 10.8 Å². The number of nitrogens with zero attached hydrogens (tertiary/aromatic N) is 2. The number of hydrogen-bond donors (Lipinski definition) is 0. The van der Waals surface area contributed by atoms with E-state index in [4.69, 9.17) is 0 Å². The molecule has 1 saturated carbocycles. The van der Waals surface area contributed by atoms with Gasteiger partial charge < -0.3 is 4.90 Å². The number of hydrogen-bond acceptors (Lipinski definition) is 3. The third-order valence-electron chi connectivity index (χ3n) is 6.34. The number of carbonyl (C=O) groups is 2. The van der Waals surface area contributed by atoms with Crippen LogP contribution in [-0.4, -0.2) is 34.2 Å². The van der Waals surface area contributed by atoms with Gasteiger partial charge in [-0.15, -0.1) is 0 Å². The number of fused-ring (bicyclic) bond motifs is 2. The Balaban J connectivity index is 1.35. The van der Waals surface area contributed by atoms with Gasteiger partial charge in [-0.3, -0.25) is 14.6 Å². The van der Waals surface area contributed by atoms with Crippen molar-refractivity contribution in [1.29, 1.82) is 0 Å². The first-order valence-electron chi connectivity index (χ1n) is 10.4. The van der Waals surface area contributed by atoms with Gasteiger partial charge in [0, 0.05) is 48.8 Å². The standard InChI is InChI=1S/C23H28N2O2/c26-22(20-9-3-7-18-16-24-14-13-19(18)20)11-4-12-23(27)25-15-5-8-17-6-1-2-10-21(17)25/h3,7,9,13-14,16-17,21H,1-2,4-6,8,10-12,15H2. The topological polar surface area (TPSA) is 50.3 Å². The number of ketones is 1. The highest BCUT2D eigenvalue weighted by Gasteiger charge is 2.35. The van der Waals surface area contributed by atoms with Crippen LogP contribution in [0.1, 0.15) is 68.1 Å². The van der Waals surface area contributed by atoms with Crippen LogP contribution >= 0.6 is 0 Å². The van der Waals surface area contributed by atoms with E-state index in [1.54, 1.807) is 12.4 Å². The number of carbonyl (C=O) groups excluding carboxylic acids is 2. The minimum atomic E-state index is 0.119. The van der Waals surface area contributed by atoms with Gasteiger partial charge >= 0.3 is 0 Å². The molecule has 1 amide bonds. The molecule has 2 atom stereocenters. The second-order valence-electron chi connectivity index (χ2n) is 8.02. The molecule has 2 aliphatic rings. The highest BCUT2D eigenvalue weighted by Crippen LogP contribution is 2.35. The Labute approximate surface area is 161 Å². The van der Waals surface area contributed by atoms with Crippen molar-refractivity contribution in [3.8, 4) is 0 Å². The predicted molar refractivity (Wildman–Crippen MR) is 107 cm³/mol. The molecule has 2 aromatic rings. The Morgan fingerprint density at radius 2 is 1.89 bits per heavy atom. The zero-order valence-electron chi connectivity index (χ0n) is 15.9. The van der Waals surface area contributed by atoms with Crippen LogP contribution in [-0.2, 0) is 4.79 Å². The van der Waals surface area contributed by atoms with E-state index in [0.717, 1.165) is 29.3 Å². The lowest BCUT2D eigenvalue weighted by atomic mass is 9.78. The Hall–Kier alpha value is -2.23. The highest BCUT2D eigenvalue weighted by atomic mass is 16.2. The molecule has 0 N–H and O–H groups in total. The second-order valence-corrected chi connectivity index (χ2v) is 8.02. The van der Waals surface area contributed by atoms with Gasteiger partial charge in [-0.2, -0.15) is 0 Å². The van der Waals surface area contributed by atoms with Gasteiger partial charge in [0.1, 0.15) is 0 Å². The van der Waals surface area contributed by atoms with Gasteiger partial charge in [0.05, 0.1) is 0 Å². The molecular formula is C23H28N2O2. The summed E-state index contributed by atoms with van der Waals surface area (Å²) in [5, 5.41) is 1.93. The van der Waals surface area contributed by atoms with E-state index in [9.17, 15) is 9.59 Å². The summed E-state index contributed by atoms with van der Waals surface area (Å²) < 4.78 is 0. The maximum absolute atomic E-state index is 12.8. The summed E-state index contributed by atoms with van der Waals surface area (Å²) in [5.41, 5.74) is 0.743. The summed E-state index contributed by atoms with van der Waals surface area (Å²) in [6.07, 6.45) is 12.5. The normalized spacial score (nSPS) is 22.4. The van der Waals surface area contributed by atoms with E-state index in [1.807, 2.05) is 24.3 Å². The molecule has 2 heterocycles. The molecule has 1 aliphatic heterocycles. The van der Waals surface area contributed by atoms with E-state index in [1.165, 1.54) is 32.1 Å². The van der Waals surface area contributed by atoms with Crippen molar-refractivity contribution in [3.63, 3.8) is 0 Å². The average molecular weight is 364 g/mol. The molecule has 1 saturated heterocycles. The molecule has 1 aliphatic carbocycles. The maximum Gasteiger partial charge on any atom is 0.222 e. The Kier molecular flexibility index (Phi) is 5.51. The van der Waals surface area contributed by atoms with Gasteiger partial charge in [0.15, 0.2) is 5.78 Å². The average Bonchev–Trinajstić information content (AvgIpc) is 2.72. The van der Waals surface area contributed by atoms with Gasteiger partial charge in [-0.1, -0.05) is 31.0 Å². The van der Waals surface area contributed by atoms with Crippen LogP contribution in [0.3, 0.4) is 0 Å². The molecule has 2 fully saturated rings. The van der Waals surface area contributed by atoms with Crippen molar-refractivity contribution >= 4 is 22.5 Å². The van der Waals surface area contributed by atoms with Gasteiger partial charge in [-0.25, -0.2) is 0 Å². The molecule has 27 heavy (non-hydrogen) atoms. The zero-order chi connectivity index (χ0) is 18.6. The summed E-state index contributed by atoms with van der Waals surface area (Å²) in [7, 11) is 0. The van der Waals surface area contributed by atoms with E-state index in [-0.39, 0.29) is 11.7 Å². The van der Waals surface area contributed by atoms with E-state index in [0.29, 0.717) is 31.2 Å². The van der Waals surface area contributed by atoms with Crippen molar-refractivity contribution in [3.05, 3.63) is 42.2 Å². The molecule has 4 nitrogen and oxygen atoms in total. The van der Waals surface area contributed by atoms with Crippen LogP contribution in [0.2, 0.25) is 0 Å². The van der Waals surface area contributed by atoms with Gasteiger partial charge in [0.25, 0.3) is 0 Å². The number of aromatic nitrogens is 1. The van der Waals surface area contributed by atoms with E-state index in [2.05, 4.69) is 9.88 Å². The smallest absolute Gasteiger partial charge is 0.222 e. The van der Waals surface area contributed by atoms with Crippen LogP contribution in [0.5, 0.6) is 0 Å². The minimum Gasteiger partial charge on any atom is -0.339 e. The Morgan fingerprint density at radius 1 is 1.04 bits per heavy atom. The fraction of sp³-hybridized carbons (Fsp3) is 0.522. The third-order valence-corrected chi connectivity index (χ3v) is 6.34. The third kappa shape index (κ3) is 3.90. The number of amides is 1. The second kappa shape index (κ2) is 8.20. The van der Waals surface area contributed by atoms with Crippen LogP contribution < -0.4 is 0 Å². The summed E-state index contributed by atoms with van der Waals surface area (Å²) in [5.74, 6) is 1.08. The molecule has 0 spiro atoms. The van der Waals surface area contributed by atoms with Crippen LogP contribution in [0, 0.1) is 5.92 Å². The SMILES string of the molecule is O=C(CCCC(=O)N1CCCC2CCCCC21)c1cccc2cnccc12. The maximum atomic E-state index is 12.8. The molecule has 0 radical (unpaired) electrons. The number of piperidine rings is 1. The number of benzene rings is 1. The summed E-state index contributed by atoms with van der Waals surface area (Å²) >= 11 is 0. The van der Waals surface area contributed by atoms with Crippen molar-refractivity contribution in [2.75, 3.05) is 6.54 Å². The fourth-order valence-electron chi connectivity index (χ4n) is 4.98. The number of likely N-dealkylation sites (tertiary alicyclic amines) is 1. The fourth-order valence-corrected chi connectivity index (χ4v) is 4.98. The highest BCUT2D eigenvalue weighted by molar-refractivity contribution is 6.07. The van der Waals surface area contributed by atoms with Gasteiger partial charge in [-0.05, 0) is 49.5 Å². The Bertz CT molecular complexity index is 825. The molecule has 4 heteroatoms. The first kappa shape index (κ1) is 18.1. The molecule has 142 valence electrons. The molecule has 4 rings (SSSR count). The number of rotatable bonds is 5. The lowest BCUT2D eigenvalue weighted by molar-refractivity contribution is -0.137. The largest absolute Gasteiger partial charge is 0.339 e. The van der Waals surface area contributed by atoms with Gasteiger partial charge in [0.2, 0.25) is 5.91 Å². The molecule has 2 unspecified atom stereocenters. The molecule has 1 aromatic heterocycles. The predicted octanol–water partition coefficient (Wildman–Crippen LogP) is 4.77. The number of Topliss-reactive ketones (excluding diaryl/α,β-unsaturated/α-hetero) is 1. The van der Waals surface area contributed by atoms with Crippen molar-refractivity contribution < 1.29 is 9.59 Å². The van der Waals surface area contributed by atoms with Crippen molar-refractivity contribution in [1.82, 2.24) is 9.88 Å². The summed E-state index contributed by atoms with van der Waals surface area (Å²) in [6, 6.07) is 8.11. The Morgan fingerprint density at radius 3 is 2.81 bits per heavy atom. The first-order valence-corrected chi connectivity index (χ1v) is 10.4. The van der Waals surface area contributed by atoms with Crippen LogP contribution in [0.4, 0.5) is 0 Å². The zero-order valence-corrected chi connectivity index (χ0v) is 15.9. The number of pyridine rings is 1. The monoisotopic (exact) mass is 364 g/mol. The minimum absolute atomic E-state index is 0.119. The van der Waals surface area contributed by atoms with E-state index < -0.39 is 0 Å². The lowest BCUT2D eigenvalue weighted by Gasteiger charge is -2.44. The lowest BCUT2D eigenvalue weighted by Crippen LogP contribution is -2.49. The van der Waals surface area contributed by atoms with Crippen molar-refractivity contribution in [2.45, 2.75) is 63.8 Å². The molecule has 1 aromatic carbocycles. The van der Waals surface area contributed by atoms with Crippen molar-refractivity contribution in [2.24, 2.45) is 5.92 Å². The van der Waals surface area contributed by atoms with E-state index >= 15 is 0 Å². The molecular weight excluding hydrogens is 336 g/mol. The summed E-state index contributed by atoms with van der Waals surface area (Å²) in [4.78, 5) is 31.8. The van der Waals surface area contributed by atoms with Crippen LogP contribution in [0.15, 0.2) is 36.7 Å². The first-order chi connectivity index (χ1) is 13.2.